The minimum atomic E-state index is -0.976. The van der Waals surface area contributed by atoms with Gasteiger partial charge in [0.25, 0.3) is 11.8 Å². The Labute approximate surface area is 234 Å². The summed E-state index contributed by atoms with van der Waals surface area (Å²) in [7, 11) is 1.60. The molecule has 0 saturated heterocycles. The zero-order valence-corrected chi connectivity index (χ0v) is 22.4. The van der Waals surface area contributed by atoms with Crippen LogP contribution in [0.1, 0.15) is 38.3 Å². The van der Waals surface area contributed by atoms with Crippen LogP contribution in [0.25, 0.3) is 11.1 Å². The van der Waals surface area contributed by atoms with E-state index in [-0.39, 0.29) is 24.8 Å². The number of amides is 2. The standard InChI is InChI=1S/C33H32N2O5/c1-40-26-17-15-24(16-18-26)19-21-35(22-20-31(36)37)33(39)30-14-8-6-12-28(30)27-11-5-7-13-29(27)32(38)34-23-25-9-3-2-4-10-25/h2-18H,19-23H2,1H3,(H,34,38)(H,36,37). The van der Waals surface area contributed by atoms with Crippen molar-refractivity contribution in [2.75, 3.05) is 20.2 Å². The third-order valence-electron chi connectivity index (χ3n) is 6.63. The monoisotopic (exact) mass is 536 g/mol. The molecule has 4 rings (SSSR count). The quantitative estimate of drug-likeness (QED) is 0.251. The second-order valence-corrected chi connectivity index (χ2v) is 9.29. The largest absolute Gasteiger partial charge is 0.497 e. The number of carboxylic acids is 1. The van der Waals surface area contributed by atoms with E-state index < -0.39 is 5.97 Å². The van der Waals surface area contributed by atoms with Gasteiger partial charge in [0.05, 0.1) is 13.5 Å². The normalized spacial score (nSPS) is 10.5. The van der Waals surface area contributed by atoms with E-state index in [9.17, 15) is 19.5 Å². The Hall–Kier alpha value is -4.91. The fourth-order valence-corrected chi connectivity index (χ4v) is 4.47. The lowest BCUT2D eigenvalue weighted by Gasteiger charge is -2.24. The summed E-state index contributed by atoms with van der Waals surface area (Å²) in [5.74, 6) is -0.771. The molecule has 0 spiro atoms. The first kappa shape index (κ1) is 28.1. The molecule has 0 fully saturated rings. The highest BCUT2D eigenvalue weighted by Gasteiger charge is 2.22. The van der Waals surface area contributed by atoms with Gasteiger partial charge in [0.2, 0.25) is 0 Å². The zero-order chi connectivity index (χ0) is 28.3. The summed E-state index contributed by atoms with van der Waals surface area (Å²) in [5.41, 5.74) is 4.09. The van der Waals surface area contributed by atoms with Crippen molar-refractivity contribution in [3.8, 4) is 16.9 Å². The van der Waals surface area contributed by atoms with Crippen LogP contribution in [0.5, 0.6) is 5.75 Å². The maximum Gasteiger partial charge on any atom is 0.305 e. The Balaban J connectivity index is 1.59. The highest BCUT2D eigenvalue weighted by atomic mass is 16.5. The SMILES string of the molecule is COc1ccc(CCN(CCC(=O)O)C(=O)c2ccccc2-c2ccccc2C(=O)NCc2ccccc2)cc1. The summed E-state index contributed by atoms with van der Waals surface area (Å²) >= 11 is 0. The summed E-state index contributed by atoms with van der Waals surface area (Å²) in [5, 5.41) is 12.3. The molecule has 204 valence electrons. The number of hydrogen-bond acceptors (Lipinski definition) is 4. The molecule has 7 heteroatoms. The van der Waals surface area contributed by atoms with E-state index in [1.807, 2.05) is 78.9 Å². The van der Waals surface area contributed by atoms with Crippen molar-refractivity contribution in [1.29, 1.82) is 0 Å². The third kappa shape index (κ3) is 7.35. The van der Waals surface area contributed by atoms with Crippen LogP contribution in [0.2, 0.25) is 0 Å². The van der Waals surface area contributed by atoms with Crippen molar-refractivity contribution >= 4 is 17.8 Å². The number of nitrogens with one attached hydrogen (secondary N) is 1. The second kappa shape index (κ2) is 13.8. The lowest BCUT2D eigenvalue weighted by atomic mass is 9.94. The van der Waals surface area contributed by atoms with Gasteiger partial charge in [-0.2, -0.15) is 0 Å². The van der Waals surface area contributed by atoms with E-state index >= 15 is 0 Å². The molecule has 2 N–H and O–H groups in total. The summed E-state index contributed by atoms with van der Waals surface area (Å²) in [6.45, 7) is 0.784. The smallest absolute Gasteiger partial charge is 0.305 e. The van der Waals surface area contributed by atoms with Gasteiger partial charge in [-0.05, 0) is 52.9 Å². The Morgan fingerprint density at radius 3 is 1.98 bits per heavy atom. The minimum Gasteiger partial charge on any atom is -0.497 e. The first-order valence-electron chi connectivity index (χ1n) is 13.1. The zero-order valence-electron chi connectivity index (χ0n) is 22.4. The van der Waals surface area contributed by atoms with Crippen molar-refractivity contribution in [1.82, 2.24) is 10.2 Å². The molecule has 0 atom stereocenters. The molecule has 7 nitrogen and oxygen atoms in total. The van der Waals surface area contributed by atoms with Gasteiger partial charge in [-0.15, -0.1) is 0 Å². The second-order valence-electron chi connectivity index (χ2n) is 9.29. The van der Waals surface area contributed by atoms with Crippen LogP contribution in [0.3, 0.4) is 0 Å². The minimum absolute atomic E-state index is 0.0673. The maximum atomic E-state index is 13.9. The molecule has 0 bridgehead atoms. The Kier molecular flexibility index (Phi) is 9.67. The van der Waals surface area contributed by atoms with Gasteiger partial charge in [-0.3, -0.25) is 14.4 Å². The number of hydrogen-bond donors (Lipinski definition) is 2. The number of nitrogens with zero attached hydrogens (tertiary/aromatic N) is 1. The number of carboxylic acid groups (broad SMARTS) is 1. The molecule has 4 aromatic rings. The van der Waals surface area contributed by atoms with Gasteiger partial charge in [-0.1, -0.05) is 78.9 Å². The van der Waals surface area contributed by atoms with Gasteiger partial charge < -0.3 is 20.1 Å². The van der Waals surface area contributed by atoms with Crippen molar-refractivity contribution in [3.63, 3.8) is 0 Å². The van der Waals surface area contributed by atoms with Crippen LogP contribution in [0.4, 0.5) is 0 Å². The average molecular weight is 537 g/mol. The van der Waals surface area contributed by atoms with Crippen LogP contribution >= 0.6 is 0 Å². The maximum absolute atomic E-state index is 13.9. The van der Waals surface area contributed by atoms with Gasteiger partial charge in [-0.25, -0.2) is 0 Å². The summed E-state index contributed by atoms with van der Waals surface area (Å²) in [4.78, 5) is 40.1. The highest BCUT2D eigenvalue weighted by Crippen LogP contribution is 2.28. The fourth-order valence-electron chi connectivity index (χ4n) is 4.47. The lowest BCUT2D eigenvalue weighted by Crippen LogP contribution is -2.35. The molecule has 0 radical (unpaired) electrons. The molecular formula is C33H32N2O5. The Bertz CT molecular complexity index is 1450. The molecule has 0 aliphatic heterocycles. The molecule has 0 aliphatic carbocycles. The number of ether oxygens (including phenoxy) is 1. The van der Waals surface area contributed by atoms with E-state index in [1.165, 1.54) is 0 Å². The number of benzene rings is 4. The average Bonchev–Trinajstić information content (AvgIpc) is 3.00. The van der Waals surface area contributed by atoms with E-state index in [2.05, 4.69) is 5.32 Å². The summed E-state index contributed by atoms with van der Waals surface area (Å²) < 4.78 is 5.22. The molecular weight excluding hydrogens is 504 g/mol. The predicted octanol–water partition coefficient (Wildman–Crippen LogP) is 5.45. The molecule has 0 unspecified atom stereocenters. The third-order valence-corrected chi connectivity index (χ3v) is 6.63. The van der Waals surface area contributed by atoms with Gasteiger partial charge in [0.1, 0.15) is 5.75 Å². The van der Waals surface area contributed by atoms with Crippen molar-refractivity contribution in [2.24, 2.45) is 0 Å². The van der Waals surface area contributed by atoms with E-state index in [4.69, 9.17) is 4.74 Å². The Morgan fingerprint density at radius 2 is 1.32 bits per heavy atom. The van der Waals surface area contributed by atoms with Gasteiger partial charge in [0, 0.05) is 30.8 Å². The fraction of sp³-hybridized carbons (Fsp3) is 0.182. The molecule has 0 aromatic heterocycles. The van der Waals surface area contributed by atoms with E-state index in [1.54, 1.807) is 36.3 Å². The molecule has 0 saturated carbocycles. The van der Waals surface area contributed by atoms with Crippen molar-refractivity contribution in [2.45, 2.75) is 19.4 Å². The number of carbonyl (C=O) groups excluding carboxylic acids is 2. The molecule has 0 heterocycles. The van der Waals surface area contributed by atoms with E-state index in [0.717, 1.165) is 16.9 Å². The topological polar surface area (TPSA) is 95.9 Å². The van der Waals surface area contributed by atoms with E-state index in [0.29, 0.717) is 41.8 Å². The summed E-state index contributed by atoms with van der Waals surface area (Å²) in [6, 6.07) is 31.5. The Morgan fingerprint density at radius 1 is 0.725 bits per heavy atom. The number of aliphatic carboxylic acids is 1. The number of methoxy groups -OCH3 is 1. The van der Waals surface area contributed by atoms with Crippen LogP contribution in [-0.2, 0) is 17.8 Å². The van der Waals surface area contributed by atoms with Crippen molar-refractivity contribution < 1.29 is 24.2 Å². The highest BCUT2D eigenvalue weighted by molar-refractivity contribution is 6.06. The first-order chi connectivity index (χ1) is 19.5. The lowest BCUT2D eigenvalue weighted by molar-refractivity contribution is -0.137. The van der Waals surface area contributed by atoms with Crippen molar-refractivity contribution in [3.05, 3.63) is 125 Å². The molecule has 40 heavy (non-hydrogen) atoms. The number of carbonyl (C=O) groups is 3. The molecule has 2 amide bonds. The van der Waals surface area contributed by atoms with Gasteiger partial charge >= 0.3 is 5.97 Å². The van der Waals surface area contributed by atoms with Gasteiger partial charge in [0.15, 0.2) is 0 Å². The summed E-state index contributed by atoms with van der Waals surface area (Å²) in [6.07, 6.45) is 0.380. The predicted molar refractivity (Wildman–Crippen MR) is 154 cm³/mol. The number of rotatable bonds is 12. The van der Waals surface area contributed by atoms with Crippen LogP contribution in [-0.4, -0.2) is 48.0 Å². The van der Waals surface area contributed by atoms with Crippen LogP contribution in [0.15, 0.2) is 103 Å². The van der Waals surface area contributed by atoms with Crippen LogP contribution < -0.4 is 10.1 Å². The molecule has 4 aromatic carbocycles. The molecule has 0 aliphatic rings. The van der Waals surface area contributed by atoms with Crippen LogP contribution in [0, 0.1) is 0 Å². The first-order valence-corrected chi connectivity index (χ1v) is 13.1.